The molecular weight excluding hydrogens is 308 g/mol. The molecule has 1 N–H and O–H groups in total. The van der Waals surface area contributed by atoms with Gasteiger partial charge in [-0.25, -0.2) is 0 Å². The van der Waals surface area contributed by atoms with Gasteiger partial charge in [0.15, 0.2) is 0 Å². The second kappa shape index (κ2) is 9.02. The molecule has 0 radical (unpaired) electrons. The fraction of sp³-hybridized carbons (Fsp3) is 0.455. The predicted octanol–water partition coefficient (Wildman–Crippen LogP) is 4.15. The molecule has 0 bridgehead atoms. The highest BCUT2D eigenvalue weighted by atomic mass is 16.5. The molecule has 3 heteroatoms. The van der Waals surface area contributed by atoms with E-state index in [-0.39, 0.29) is 0 Å². The molecule has 1 saturated heterocycles. The lowest BCUT2D eigenvalue weighted by Gasteiger charge is -2.23. The number of rotatable bonds is 8. The molecule has 25 heavy (non-hydrogen) atoms. The third kappa shape index (κ3) is 5.32. The third-order valence-electron chi connectivity index (χ3n) is 5.03. The summed E-state index contributed by atoms with van der Waals surface area (Å²) in [6.07, 6.45) is 2.67. The average Bonchev–Trinajstić information content (AvgIpc) is 3.09. The van der Waals surface area contributed by atoms with E-state index in [9.17, 15) is 0 Å². The van der Waals surface area contributed by atoms with E-state index in [4.69, 9.17) is 4.74 Å². The van der Waals surface area contributed by atoms with E-state index in [2.05, 4.69) is 72.6 Å². The van der Waals surface area contributed by atoms with Crippen molar-refractivity contribution in [1.82, 2.24) is 10.2 Å². The van der Waals surface area contributed by atoms with Crippen molar-refractivity contribution in [2.75, 3.05) is 19.6 Å². The summed E-state index contributed by atoms with van der Waals surface area (Å²) in [5.74, 6) is 0.929. The van der Waals surface area contributed by atoms with Crippen molar-refractivity contribution < 1.29 is 4.74 Å². The van der Waals surface area contributed by atoms with Crippen LogP contribution in [0.2, 0.25) is 0 Å². The van der Waals surface area contributed by atoms with Crippen molar-refractivity contribution in [2.45, 2.75) is 45.9 Å². The zero-order chi connectivity index (χ0) is 17.5. The third-order valence-corrected chi connectivity index (χ3v) is 5.03. The Morgan fingerprint density at radius 2 is 1.96 bits per heavy atom. The Morgan fingerprint density at radius 1 is 1.12 bits per heavy atom. The van der Waals surface area contributed by atoms with E-state index in [0.717, 1.165) is 18.8 Å². The van der Waals surface area contributed by atoms with Crippen molar-refractivity contribution in [3.05, 3.63) is 65.2 Å². The van der Waals surface area contributed by atoms with Gasteiger partial charge in [-0.1, -0.05) is 48.9 Å². The molecule has 1 aliphatic rings. The van der Waals surface area contributed by atoms with Gasteiger partial charge in [0.05, 0.1) is 0 Å². The Morgan fingerprint density at radius 3 is 2.72 bits per heavy atom. The smallest absolute Gasteiger partial charge is 0.119 e. The molecule has 0 saturated carbocycles. The molecule has 0 spiro atoms. The molecule has 3 nitrogen and oxygen atoms in total. The maximum atomic E-state index is 5.89. The van der Waals surface area contributed by atoms with Crippen LogP contribution in [0.15, 0.2) is 48.5 Å². The number of nitrogens with zero attached hydrogens (tertiary/aromatic N) is 1. The molecular formula is C22H30N2O. The fourth-order valence-corrected chi connectivity index (χ4v) is 3.60. The molecule has 1 atom stereocenters. The maximum Gasteiger partial charge on any atom is 0.119 e. The van der Waals surface area contributed by atoms with Crippen LogP contribution in [0.5, 0.6) is 5.75 Å². The summed E-state index contributed by atoms with van der Waals surface area (Å²) < 4.78 is 5.89. The van der Waals surface area contributed by atoms with Gasteiger partial charge in [0, 0.05) is 19.1 Å². The minimum atomic E-state index is 0.619. The topological polar surface area (TPSA) is 24.5 Å². The summed E-state index contributed by atoms with van der Waals surface area (Å²) in [5.41, 5.74) is 3.79. The molecule has 2 aromatic rings. The molecule has 1 fully saturated rings. The molecule has 3 rings (SSSR count). The monoisotopic (exact) mass is 338 g/mol. The number of hydrogen-bond acceptors (Lipinski definition) is 3. The quantitative estimate of drug-likeness (QED) is 0.782. The number of benzene rings is 2. The van der Waals surface area contributed by atoms with Gasteiger partial charge in [-0.2, -0.15) is 0 Å². The Kier molecular flexibility index (Phi) is 6.48. The van der Waals surface area contributed by atoms with Gasteiger partial charge in [-0.3, -0.25) is 4.90 Å². The standard InChI is InChI=1S/C22H30N2O/c1-3-24-13-5-8-21(24)16-23-15-19-9-11-22(12-10-19)25-17-20-7-4-6-18(2)14-20/h4,6-7,9-12,14,21,23H,3,5,8,13,15-17H2,1-2H3/t21-/m1/s1. The van der Waals surface area contributed by atoms with Gasteiger partial charge in [-0.15, -0.1) is 0 Å². The number of aryl methyl sites for hydroxylation is 1. The molecule has 2 aromatic carbocycles. The highest BCUT2D eigenvalue weighted by Gasteiger charge is 2.21. The molecule has 1 heterocycles. The van der Waals surface area contributed by atoms with Gasteiger partial charge in [0.1, 0.15) is 12.4 Å². The van der Waals surface area contributed by atoms with Crippen molar-refractivity contribution in [2.24, 2.45) is 0 Å². The number of hydrogen-bond donors (Lipinski definition) is 1. The van der Waals surface area contributed by atoms with E-state index < -0.39 is 0 Å². The lowest BCUT2D eigenvalue weighted by Crippen LogP contribution is -2.37. The molecule has 0 unspecified atom stereocenters. The second-order valence-electron chi connectivity index (χ2n) is 6.98. The normalized spacial score (nSPS) is 17.8. The van der Waals surface area contributed by atoms with Crippen LogP contribution in [0.3, 0.4) is 0 Å². The summed E-state index contributed by atoms with van der Waals surface area (Å²) in [6, 6.07) is 17.6. The van der Waals surface area contributed by atoms with Crippen LogP contribution in [0.4, 0.5) is 0 Å². The fourth-order valence-electron chi connectivity index (χ4n) is 3.60. The highest BCUT2D eigenvalue weighted by molar-refractivity contribution is 5.28. The first kappa shape index (κ1) is 18.0. The SMILES string of the molecule is CCN1CCC[C@@H]1CNCc1ccc(OCc2cccc(C)c2)cc1. The van der Waals surface area contributed by atoms with Crippen LogP contribution in [0, 0.1) is 6.92 Å². The van der Waals surface area contributed by atoms with Crippen LogP contribution in [0.25, 0.3) is 0 Å². The maximum absolute atomic E-state index is 5.89. The summed E-state index contributed by atoms with van der Waals surface area (Å²) >= 11 is 0. The largest absolute Gasteiger partial charge is 0.489 e. The van der Waals surface area contributed by atoms with Crippen LogP contribution in [-0.4, -0.2) is 30.6 Å². The molecule has 0 amide bonds. The summed E-state index contributed by atoms with van der Waals surface area (Å²) in [7, 11) is 0. The lowest BCUT2D eigenvalue weighted by atomic mass is 10.1. The minimum Gasteiger partial charge on any atom is -0.489 e. The first-order valence-corrected chi connectivity index (χ1v) is 9.46. The van der Waals surface area contributed by atoms with Gasteiger partial charge in [-0.05, 0) is 56.1 Å². The number of likely N-dealkylation sites (N-methyl/N-ethyl adjacent to an activating group) is 1. The first-order valence-electron chi connectivity index (χ1n) is 9.46. The minimum absolute atomic E-state index is 0.619. The summed E-state index contributed by atoms with van der Waals surface area (Å²) in [4.78, 5) is 2.58. The second-order valence-corrected chi connectivity index (χ2v) is 6.98. The number of ether oxygens (including phenoxy) is 1. The van der Waals surface area contributed by atoms with Crippen LogP contribution < -0.4 is 10.1 Å². The van der Waals surface area contributed by atoms with E-state index >= 15 is 0 Å². The van der Waals surface area contributed by atoms with Crippen molar-refractivity contribution in [3.63, 3.8) is 0 Å². The Labute approximate surface area is 152 Å². The van der Waals surface area contributed by atoms with E-state index in [0.29, 0.717) is 12.6 Å². The Hall–Kier alpha value is -1.84. The van der Waals surface area contributed by atoms with Crippen molar-refractivity contribution in [3.8, 4) is 5.75 Å². The van der Waals surface area contributed by atoms with Gasteiger partial charge >= 0.3 is 0 Å². The molecule has 0 aromatic heterocycles. The Bertz CT molecular complexity index is 653. The Balaban J connectivity index is 1.42. The summed E-state index contributed by atoms with van der Waals surface area (Å²) in [6.45, 7) is 9.42. The van der Waals surface area contributed by atoms with Gasteiger partial charge in [0.25, 0.3) is 0 Å². The van der Waals surface area contributed by atoms with E-state index in [1.54, 1.807) is 0 Å². The highest BCUT2D eigenvalue weighted by Crippen LogP contribution is 2.17. The lowest BCUT2D eigenvalue weighted by molar-refractivity contribution is 0.260. The summed E-state index contributed by atoms with van der Waals surface area (Å²) in [5, 5.41) is 3.61. The van der Waals surface area contributed by atoms with Crippen LogP contribution >= 0.6 is 0 Å². The zero-order valence-electron chi connectivity index (χ0n) is 15.5. The zero-order valence-corrected chi connectivity index (χ0v) is 15.5. The first-order chi connectivity index (χ1) is 12.2. The number of nitrogens with one attached hydrogen (secondary N) is 1. The predicted molar refractivity (Wildman–Crippen MR) is 104 cm³/mol. The average molecular weight is 338 g/mol. The number of likely N-dealkylation sites (tertiary alicyclic amines) is 1. The van der Waals surface area contributed by atoms with Crippen LogP contribution in [0.1, 0.15) is 36.5 Å². The van der Waals surface area contributed by atoms with Gasteiger partial charge in [0.2, 0.25) is 0 Å². The van der Waals surface area contributed by atoms with E-state index in [1.165, 1.54) is 42.6 Å². The van der Waals surface area contributed by atoms with E-state index in [1.807, 2.05) is 0 Å². The molecule has 134 valence electrons. The van der Waals surface area contributed by atoms with Crippen LogP contribution in [-0.2, 0) is 13.2 Å². The van der Waals surface area contributed by atoms with Crippen molar-refractivity contribution >= 4 is 0 Å². The van der Waals surface area contributed by atoms with Gasteiger partial charge < -0.3 is 10.1 Å². The van der Waals surface area contributed by atoms with Crippen molar-refractivity contribution in [1.29, 1.82) is 0 Å². The molecule has 1 aliphatic heterocycles. The molecule has 0 aliphatic carbocycles.